The second-order valence-corrected chi connectivity index (χ2v) is 4.63. The van der Waals surface area contributed by atoms with Crippen molar-refractivity contribution >= 4 is 23.2 Å². The number of rotatable bonds is 7. The third kappa shape index (κ3) is 5.70. The summed E-state index contributed by atoms with van der Waals surface area (Å²) >= 11 is 0. The Morgan fingerprint density at radius 2 is 1.95 bits per heavy atom. The third-order valence-electron chi connectivity index (χ3n) is 2.70. The highest BCUT2D eigenvalue weighted by atomic mass is 16.5. The van der Waals surface area contributed by atoms with Crippen molar-refractivity contribution in [3.05, 3.63) is 18.2 Å². The van der Waals surface area contributed by atoms with Crippen LogP contribution >= 0.6 is 0 Å². The lowest BCUT2D eigenvalue weighted by atomic mass is 10.2. The summed E-state index contributed by atoms with van der Waals surface area (Å²) in [6.45, 7) is 2.67. The lowest BCUT2D eigenvalue weighted by Crippen LogP contribution is -2.38. The first-order chi connectivity index (χ1) is 9.96. The average Bonchev–Trinajstić information content (AvgIpc) is 2.38. The van der Waals surface area contributed by atoms with Crippen molar-refractivity contribution in [2.24, 2.45) is 0 Å². The molecule has 0 spiro atoms. The number of carbonyl (C=O) groups is 2. The van der Waals surface area contributed by atoms with Gasteiger partial charge in [-0.1, -0.05) is 0 Å². The molecule has 0 aliphatic rings. The Kier molecular flexibility index (Phi) is 6.48. The molecular formula is C14H22N4O3. The molecular weight excluding hydrogens is 272 g/mol. The van der Waals surface area contributed by atoms with Crippen molar-refractivity contribution in [2.75, 3.05) is 44.8 Å². The number of carbonyl (C=O) groups excluding carboxylic acids is 2. The summed E-state index contributed by atoms with van der Waals surface area (Å²) in [5, 5.41) is 5.40. The highest BCUT2D eigenvalue weighted by molar-refractivity contribution is 5.94. The first-order valence-electron chi connectivity index (χ1n) is 6.64. The van der Waals surface area contributed by atoms with E-state index < -0.39 is 0 Å². The zero-order valence-corrected chi connectivity index (χ0v) is 12.6. The molecule has 1 rings (SSSR count). The monoisotopic (exact) mass is 294 g/mol. The summed E-state index contributed by atoms with van der Waals surface area (Å²) in [4.78, 5) is 25.0. The van der Waals surface area contributed by atoms with E-state index in [-0.39, 0.29) is 24.9 Å². The van der Waals surface area contributed by atoms with E-state index in [1.807, 2.05) is 6.92 Å². The van der Waals surface area contributed by atoms with Gasteiger partial charge in [-0.2, -0.15) is 0 Å². The highest BCUT2D eigenvalue weighted by Crippen LogP contribution is 2.26. The summed E-state index contributed by atoms with van der Waals surface area (Å²) in [6.07, 6.45) is 0. The van der Waals surface area contributed by atoms with E-state index in [2.05, 4.69) is 10.6 Å². The molecule has 0 saturated carbocycles. The maximum Gasteiger partial charge on any atom is 0.238 e. The van der Waals surface area contributed by atoms with E-state index in [1.54, 1.807) is 30.1 Å². The molecule has 1 aromatic rings. The van der Waals surface area contributed by atoms with Crippen LogP contribution in [0.2, 0.25) is 0 Å². The second kappa shape index (κ2) is 8.11. The Morgan fingerprint density at radius 1 is 1.29 bits per heavy atom. The largest absolute Gasteiger partial charge is 0.495 e. The molecule has 0 radical (unpaired) electrons. The molecule has 0 heterocycles. The number of anilines is 2. The number of nitrogens with zero attached hydrogens (tertiary/aromatic N) is 1. The average molecular weight is 294 g/mol. The van der Waals surface area contributed by atoms with Crippen LogP contribution in [-0.2, 0) is 9.59 Å². The van der Waals surface area contributed by atoms with Gasteiger partial charge in [-0.05, 0) is 32.2 Å². The molecule has 116 valence electrons. The molecule has 1 aromatic carbocycles. The zero-order chi connectivity index (χ0) is 15.8. The Balaban J connectivity index is 2.57. The molecule has 0 unspecified atom stereocenters. The van der Waals surface area contributed by atoms with E-state index in [4.69, 9.17) is 10.5 Å². The van der Waals surface area contributed by atoms with Crippen LogP contribution < -0.4 is 21.1 Å². The van der Waals surface area contributed by atoms with Crippen molar-refractivity contribution in [1.29, 1.82) is 0 Å². The molecule has 0 aliphatic carbocycles. The summed E-state index contributed by atoms with van der Waals surface area (Å²) in [5.74, 6) is 0.170. The molecule has 0 saturated heterocycles. The van der Waals surface area contributed by atoms with E-state index in [0.29, 0.717) is 23.7 Å². The van der Waals surface area contributed by atoms with Crippen molar-refractivity contribution in [2.45, 2.75) is 6.92 Å². The molecule has 0 fully saturated rings. The number of nitrogens with one attached hydrogen (secondary N) is 2. The first-order valence-corrected chi connectivity index (χ1v) is 6.64. The molecule has 7 heteroatoms. The predicted molar refractivity (Wildman–Crippen MR) is 82.2 cm³/mol. The van der Waals surface area contributed by atoms with E-state index in [1.165, 1.54) is 7.11 Å². The van der Waals surface area contributed by atoms with Crippen LogP contribution in [0, 0.1) is 0 Å². The maximum absolute atomic E-state index is 12.0. The van der Waals surface area contributed by atoms with Crippen LogP contribution in [0.4, 0.5) is 11.4 Å². The number of hydrogen-bond donors (Lipinski definition) is 3. The molecule has 2 amide bonds. The van der Waals surface area contributed by atoms with E-state index >= 15 is 0 Å². The van der Waals surface area contributed by atoms with Crippen molar-refractivity contribution in [3.8, 4) is 5.75 Å². The van der Waals surface area contributed by atoms with E-state index in [9.17, 15) is 9.59 Å². The zero-order valence-electron chi connectivity index (χ0n) is 12.6. The summed E-state index contributed by atoms with van der Waals surface area (Å²) < 4.78 is 5.15. The maximum atomic E-state index is 12.0. The minimum atomic E-state index is -0.245. The fourth-order valence-electron chi connectivity index (χ4n) is 1.81. The molecule has 0 bridgehead atoms. The topological polar surface area (TPSA) is 96.7 Å². The van der Waals surface area contributed by atoms with Gasteiger partial charge < -0.3 is 21.1 Å². The van der Waals surface area contributed by atoms with Crippen molar-refractivity contribution in [1.82, 2.24) is 10.2 Å². The highest BCUT2D eigenvalue weighted by Gasteiger charge is 2.12. The number of benzene rings is 1. The number of likely N-dealkylation sites (N-methyl/N-ethyl adjacent to an activating group) is 2. The van der Waals surface area contributed by atoms with Crippen molar-refractivity contribution < 1.29 is 14.3 Å². The van der Waals surface area contributed by atoms with Crippen LogP contribution in [0.1, 0.15) is 6.92 Å². The Labute approximate surface area is 124 Å². The van der Waals surface area contributed by atoms with Gasteiger partial charge in [-0.3, -0.25) is 14.5 Å². The van der Waals surface area contributed by atoms with Crippen LogP contribution in [-0.4, -0.2) is 50.5 Å². The second-order valence-electron chi connectivity index (χ2n) is 4.63. The SMILES string of the molecule is CCNC(=O)CN(C)CC(=O)Nc1cc(N)ccc1OC. The van der Waals surface area contributed by atoms with Gasteiger partial charge in [0.15, 0.2) is 0 Å². The quantitative estimate of drug-likeness (QED) is 0.628. The minimum absolute atomic E-state index is 0.0923. The molecule has 0 aromatic heterocycles. The summed E-state index contributed by atoms with van der Waals surface area (Å²) in [6, 6.07) is 5.00. The standard InChI is InChI=1S/C14H22N4O3/c1-4-16-13(19)8-18(2)9-14(20)17-11-7-10(15)5-6-12(11)21-3/h5-7H,4,8-9,15H2,1-3H3,(H,16,19)(H,17,20). The predicted octanol–water partition coefficient (Wildman–Crippen LogP) is 0.284. The molecule has 0 atom stereocenters. The first kappa shape index (κ1) is 16.8. The number of methoxy groups -OCH3 is 1. The van der Waals surface area contributed by atoms with Gasteiger partial charge in [0, 0.05) is 12.2 Å². The minimum Gasteiger partial charge on any atom is -0.495 e. The lowest BCUT2D eigenvalue weighted by Gasteiger charge is -2.16. The normalized spacial score (nSPS) is 10.3. The van der Waals surface area contributed by atoms with Crippen LogP contribution in [0.3, 0.4) is 0 Å². The van der Waals surface area contributed by atoms with Crippen molar-refractivity contribution in [3.63, 3.8) is 0 Å². The number of amides is 2. The molecule has 21 heavy (non-hydrogen) atoms. The van der Waals surface area contributed by atoms with Crippen LogP contribution in [0.15, 0.2) is 18.2 Å². The smallest absolute Gasteiger partial charge is 0.238 e. The Bertz CT molecular complexity index is 505. The van der Waals surface area contributed by atoms with Gasteiger partial charge in [-0.15, -0.1) is 0 Å². The summed E-state index contributed by atoms with van der Waals surface area (Å²) in [5.41, 5.74) is 6.73. The van der Waals surface area contributed by atoms with Gasteiger partial charge in [0.05, 0.1) is 25.9 Å². The fraction of sp³-hybridized carbons (Fsp3) is 0.429. The molecule has 0 aliphatic heterocycles. The fourth-order valence-corrected chi connectivity index (χ4v) is 1.81. The van der Waals surface area contributed by atoms with Gasteiger partial charge in [-0.25, -0.2) is 0 Å². The number of ether oxygens (including phenoxy) is 1. The van der Waals surface area contributed by atoms with Gasteiger partial charge in [0.2, 0.25) is 11.8 Å². The number of nitrogens with two attached hydrogens (primary N) is 1. The van der Waals surface area contributed by atoms with E-state index in [0.717, 1.165) is 0 Å². The Morgan fingerprint density at radius 3 is 2.57 bits per heavy atom. The van der Waals surface area contributed by atoms with Crippen LogP contribution in [0.5, 0.6) is 5.75 Å². The number of hydrogen-bond acceptors (Lipinski definition) is 5. The molecule has 7 nitrogen and oxygen atoms in total. The lowest BCUT2D eigenvalue weighted by molar-refractivity contribution is -0.122. The van der Waals surface area contributed by atoms with Gasteiger partial charge >= 0.3 is 0 Å². The third-order valence-corrected chi connectivity index (χ3v) is 2.70. The van der Waals surface area contributed by atoms with Gasteiger partial charge in [0.1, 0.15) is 5.75 Å². The number of nitrogen functional groups attached to an aromatic ring is 1. The Hall–Kier alpha value is -2.28. The van der Waals surface area contributed by atoms with Gasteiger partial charge in [0.25, 0.3) is 0 Å². The molecule has 4 N–H and O–H groups in total. The summed E-state index contributed by atoms with van der Waals surface area (Å²) in [7, 11) is 3.22. The van der Waals surface area contributed by atoms with Crippen LogP contribution in [0.25, 0.3) is 0 Å².